The molecule has 4 heteroatoms. The first-order valence-electron chi connectivity index (χ1n) is 7.42. The Kier molecular flexibility index (Phi) is 3.98. The Labute approximate surface area is 133 Å². The smallest absolute Gasteiger partial charge is 0.343 e. The van der Waals surface area contributed by atoms with E-state index in [1.807, 2.05) is 19.1 Å². The molecule has 3 aromatic rings. The standard InChI is InChI=1S/C19H16O4/c1-3-13-4-6-14(7-5-13)19(21)22-15-8-9-16-12(2)10-18(20)23-17(16)11-15/h4-11H,3H2,1-2H3. The zero-order valence-corrected chi connectivity index (χ0v) is 13.0. The van der Waals surface area contributed by atoms with Crippen molar-refractivity contribution in [1.29, 1.82) is 0 Å². The van der Waals surface area contributed by atoms with Gasteiger partial charge in [0.05, 0.1) is 5.56 Å². The number of esters is 1. The van der Waals surface area contributed by atoms with Gasteiger partial charge in [0.1, 0.15) is 11.3 Å². The molecule has 0 spiro atoms. The summed E-state index contributed by atoms with van der Waals surface area (Å²) in [6.07, 6.45) is 0.915. The molecule has 0 aliphatic rings. The fraction of sp³-hybridized carbons (Fsp3) is 0.158. The molecule has 0 aliphatic carbocycles. The number of hydrogen-bond donors (Lipinski definition) is 0. The molecule has 116 valence electrons. The Bertz CT molecular complexity index is 920. The van der Waals surface area contributed by atoms with Crippen LogP contribution in [-0.4, -0.2) is 5.97 Å². The lowest BCUT2D eigenvalue weighted by molar-refractivity contribution is 0.0735. The second-order valence-electron chi connectivity index (χ2n) is 5.35. The van der Waals surface area contributed by atoms with Crippen LogP contribution in [0.15, 0.2) is 57.7 Å². The van der Waals surface area contributed by atoms with Crippen molar-refractivity contribution in [2.45, 2.75) is 20.3 Å². The number of aryl methyl sites for hydroxylation is 2. The van der Waals surface area contributed by atoms with E-state index in [0.29, 0.717) is 16.9 Å². The zero-order chi connectivity index (χ0) is 16.4. The van der Waals surface area contributed by atoms with E-state index in [4.69, 9.17) is 9.15 Å². The molecule has 0 amide bonds. The van der Waals surface area contributed by atoms with Crippen LogP contribution < -0.4 is 10.4 Å². The number of benzene rings is 2. The van der Waals surface area contributed by atoms with Gasteiger partial charge in [0.2, 0.25) is 0 Å². The van der Waals surface area contributed by atoms with Crippen molar-refractivity contribution in [2.24, 2.45) is 0 Å². The molecular weight excluding hydrogens is 292 g/mol. The average Bonchev–Trinajstić information content (AvgIpc) is 2.54. The van der Waals surface area contributed by atoms with Gasteiger partial charge < -0.3 is 9.15 Å². The van der Waals surface area contributed by atoms with E-state index in [0.717, 1.165) is 22.9 Å². The molecule has 0 saturated carbocycles. The lowest BCUT2D eigenvalue weighted by atomic mass is 10.1. The quantitative estimate of drug-likeness (QED) is 0.418. The summed E-state index contributed by atoms with van der Waals surface area (Å²) < 4.78 is 10.5. The summed E-state index contributed by atoms with van der Waals surface area (Å²) in [6.45, 7) is 3.89. The third-order valence-electron chi connectivity index (χ3n) is 3.73. The van der Waals surface area contributed by atoms with Crippen LogP contribution in [-0.2, 0) is 6.42 Å². The van der Waals surface area contributed by atoms with Crippen LogP contribution in [0.5, 0.6) is 5.75 Å². The first kappa shape index (κ1) is 15.0. The third-order valence-corrected chi connectivity index (χ3v) is 3.73. The molecule has 0 unspecified atom stereocenters. The average molecular weight is 308 g/mol. The van der Waals surface area contributed by atoms with Gasteiger partial charge in [0, 0.05) is 17.5 Å². The van der Waals surface area contributed by atoms with Gasteiger partial charge in [-0.05, 0) is 48.7 Å². The molecule has 3 rings (SSSR count). The van der Waals surface area contributed by atoms with Crippen LogP contribution in [0.4, 0.5) is 0 Å². The van der Waals surface area contributed by atoms with Crippen molar-refractivity contribution in [3.63, 3.8) is 0 Å². The number of fused-ring (bicyclic) bond motifs is 1. The molecule has 23 heavy (non-hydrogen) atoms. The minimum Gasteiger partial charge on any atom is -0.423 e. The monoisotopic (exact) mass is 308 g/mol. The van der Waals surface area contributed by atoms with Gasteiger partial charge in [-0.3, -0.25) is 0 Å². The second-order valence-corrected chi connectivity index (χ2v) is 5.35. The Morgan fingerprint density at radius 1 is 1.09 bits per heavy atom. The van der Waals surface area contributed by atoms with Crippen molar-refractivity contribution < 1.29 is 13.9 Å². The summed E-state index contributed by atoms with van der Waals surface area (Å²) in [6, 6.07) is 13.7. The van der Waals surface area contributed by atoms with Crippen molar-refractivity contribution in [2.75, 3.05) is 0 Å². The first-order valence-corrected chi connectivity index (χ1v) is 7.42. The van der Waals surface area contributed by atoms with E-state index in [9.17, 15) is 9.59 Å². The third kappa shape index (κ3) is 3.16. The summed E-state index contributed by atoms with van der Waals surface area (Å²) in [7, 11) is 0. The molecule has 0 atom stereocenters. The highest BCUT2D eigenvalue weighted by Gasteiger charge is 2.10. The summed E-state index contributed by atoms with van der Waals surface area (Å²) in [4.78, 5) is 23.6. The van der Waals surface area contributed by atoms with Crippen molar-refractivity contribution in [3.05, 3.63) is 75.6 Å². The largest absolute Gasteiger partial charge is 0.423 e. The van der Waals surface area contributed by atoms with Crippen LogP contribution in [0.2, 0.25) is 0 Å². The van der Waals surface area contributed by atoms with Gasteiger partial charge in [-0.15, -0.1) is 0 Å². The maximum Gasteiger partial charge on any atom is 0.343 e. The van der Waals surface area contributed by atoms with Crippen molar-refractivity contribution >= 4 is 16.9 Å². The molecule has 0 N–H and O–H groups in total. The van der Waals surface area contributed by atoms with Crippen LogP contribution in [0.1, 0.15) is 28.4 Å². The van der Waals surface area contributed by atoms with Crippen LogP contribution >= 0.6 is 0 Å². The molecule has 0 fully saturated rings. The van der Waals surface area contributed by atoms with E-state index >= 15 is 0 Å². The zero-order valence-electron chi connectivity index (χ0n) is 13.0. The van der Waals surface area contributed by atoms with E-state index in [-0.39, 0.29) is 0 Å². The summed E-state index contributed by atoms with van der Waals surface area (Å²) >= 11 is 0. The van der Waals surface area contributed by atoms with E-state index < -0.39 is 11.6 Å². The lowest BCUT2D eigenvalue weighted by Crippen LogP contribution is -2.08. The maximum atomic E-state index is 12.2. The lowest BCUT2D eigenvalue weighted by Gasteiger charge is -2.06. The number of hydrogen-bond acceptors (Lipinski definition) is 4. The van der Waals surface area contributed by atoms with Crippen molar-refractivity contribution in [1.82, 2.24) is 0 Å². The molecule has 2 aromatic carbocycles. The number of carbonyl (C=O) groups is 1. The van der Waals surface area contributed by atoms with Gasteiger partial charge in [0.25, 0.3) is 0 Å². The highest BCUT2D eigenvalue weighted by Crippen LogP contribution is 2.23. The molecule has 0 bridgehead atoms. The van der Waals surface area contributed by atoms with Crippen LogP contribution in [0.25, 0.3) is 11.0 Å². The predicted molar refractivity (Wildman–Crippen MR) is 88.0 cm³/mol. The van der Waals surface area contributed by atoms with E-state index in [1.54, 1.807) is 30.3 Å². The summed E-state index contributed by atoms with van der Waals surface area (Å²) in [5, 5.41) is 0.816. The fourth-order valence-corrected chi connectivity index (χ4v) is 2.41. The fourth-order valence-electron chi connectivity index (χ4n) is 2.41. The van der Waals surface area contributed by atoms with Gasteiger partial charge in [-0.1, -0.05) is 19.1 Å². The minimum absolute atomic E-state index is 0.343. The molecule has 0 radical (unpaired) electrons. The van der Waals surface area contributed by atoms with Gasteiger partial charge >= 0.3 is 11.6 Å². The molecule has 0 aliphatic heterocycles. The Morgan fingerprint density at radius 2 is 1.83 bits per heavy atom. The Morgan fingerprint density at radius 3 is 2.52 bits per heavy atom. The highest BCUT2D eigenvalue weighted by molar-refractivity contribution is 5.91. The van der Waals surface area contributed by atoms with Crippen LogP contribution in [0.3, 0.4) is 0 Å². The minimum atomic E-state index is -0.443. The number of rotatable bonds is 3. The van der Waals surface area contributed by atoms with Gasteiger partial charge in [-0.25, -0.2) is 9.59 Å². The second kappa shape index (κ2) is 6.08. The first-order chi connectivity index (χ1) is 11.1. The normalized spacial score (nSPS) is 10.7. The summed E-state index contributed by atoms with van der Waals surface area (Å²) in [5.41, 5.74) is 2.44. The van der Waals surface area contributed by atoms with Crippen LogP contribution in [0, 0.1) is 6.92 Å². The topological polar surface area (TPSA) is 56.5 Å². The van der Waals surface area contributed by atoms with Crippen molar-refractivity contribution in [3.8, 4) is 5.75 Å². The van der Waals surface area contributed by atoms with E-state index in [2.05, 4.69) is 6.92 Å². The molecule has 4 nitrogen and oxygen atoms in total. The maximum absolute atomic E-state index is 12.2. The molecular formula is C19H16O4. The molecule has 1 aromatic heterocycles. The highest BCUT2D eigenvalue weighted by atomic mass is 16.5. The number of carbonyl (C=O) groups excluding carboxylic acids is 1. The SMILES string of the molecule is CCc1ccc(C(=O)Oc2ccc3c(C)cc(=O)oc3c2)cc1. The van der Waals surface area contributed by atoms with Gasteiger partial charge in [-0.2, -0.15) is 0 Å². The Balaban J connectivity index is 1.88. The van der Waals surface area contributed by atoms with Gasteiger partial charge in [0.15, 0.2) is 0 Å². The number of ether oxygens (including phenoxy) is 1. The predicted octanol–water partition coefficient (Wildman–Crippen LogP) is 3.88. The summed E-state index contributed by atoms with van der Waals surface area (Å²) in [5.74, 6) is -0.0992. The van der Waals surface area contributed by atoms with E-state index in [1.165, 1.54) is 6.07 Å². The molecule has 0 saturated heterocycles. The molecule has 1 heterocycles. The Hall–Kier alpha value is -2.88.